The Morgan fingerprint density at radius 2 is 1.93 bits per heavy atom. The molecule has 4 aliphatic carbocycles. The standard InChI is InChI=1S/C22H25N5O/c1-2-15(1)20-25-19(16-9-18-17(24-10-16)3-4-23-18)11-27(20)22-12-21(13-22,14-22)26-5-7-28-8-6-26/h3-4,9-11,15,23H,1-2,5-8,12-14H2. The molecule has 5 fully saturated rings. The highest BCUT2D eigenvalue weighted by Gasteiger charge is 2.71. The van der Waals surface area contributed by atoms with Crippen LogP contribution in [0.3, 0.4) is 0 Å². The normalized spacial score (nSPS) is 32.3. The highest BCUT2D eigenvalue weighted by Crippen LogP contribution is 2.69. The molecule has 0 spiro atoms. The van der Waals surface area contributed by atoms with Gasteiger partial charge in [-0.05, 0) is 44.2 Å². The fourth-order valence-electron chi connectivity index (χ4n) is 5.93. The van der Waals surface area contributed by atoms with E-state index < -0.39 is 0 Å². The van der Waals surface area contributed by atoms with Gasteiger partial charge in [-0.15, -0.1) is 0 Å². The molecule has 144 valence electrons. The second-order valence-corrected chi connectivity index (χ2v) is 9.34. The predicted molar refractivity (Wildman–Crippen MR) is 106 cm³/mol. The predicted octanol–water partition coefficient (Wildman–Crippen LogP) is 3.27. The van der Waals surface area contributed by atoms with Crippen molar-refractivity contribution in [2.45, 2.75) is 49.1 Å². The van der Waals surface area contributed by atoms with E-state index in [0.717, 1.165) is 48.6 Å². The van der Waals surface area contributed by atoms with Crippen LogP contribution in [0.4, 0.5) is 0 Å². The van der Waals surface area contributed by atoms with Gasteiger partial charge >= 0.3 is 0 Å². The molecule has 3 aromatic heterocycles. The largest absolute Gasteiger partial charge is 0.379 e. The number of hydrogen-bond acceptors (Lipinski definition) is 4. The molecule has 2 bridgehead atoms. The zero-order valence-electron chi connectivity index (χ0n) is 16.0. The van der Waals surface area contributed by atoms with Crippen LogP contribution in [0.25, 0.3) is 22.3 Å². The number of pyridine rings is 1. The van der Waals surface area contributed by atoms with Crippen molar-refractivity contribution in [1.82, 2.24) is 24.4 Å². The summed E-state index contributed by atoms with van der Waals surface area (Å²) in [6, 6.07) is 4.20. The van der Waals surface area contributed by atoms with E-state index >= 15 is 0 Å². The van der Waals surface area contributed by atoms with E-state index in [1.807, 2.05) is 18.5 Å². The van der Waals surface area contributed by atoms with Crippen LogP contribution in [0.2, 0.25) is 0 Å². The minimum Gasteiger partial charge on any atom is -0.379 e. The topological polar surface area (TPSA) is 59.0 Å². The smallest absolute Gasteiger partial charge is 0.113 e. The number of fused-ring (bicyclic) bond motifs is 1. The van der Waals surface area contributed by atoms with Crippen molar-refractivity contribution in [3.8, 4) is 11.3 Å². The van der Waals surface area contributed by atoms with Crippen LogP contribution < -0.4 is 0 Å². The lowest BCUT2D eigenvalue weighted by molar-refractivity contribution is -0.221. The summed E-state index contributed by atoms with van der Waals surface area (Å²) in [5.41, 5.74) is 5.04. The van der Waals surface area contributed by atoms with Gasteiger partial charge in [-0.1, -0.05) is 0 Å². The van der Waals surface area contributed by atoms with Crippen LogP contribution in [-0.4, -0.2) is 56.3 Å². The van der Waals surface area contributed by atoms with E-state index in [2.05, 4.69) is 31.7 Å². The van der Waals surface area contributed by atoms with Gasteiger partial charge in [0.1, 0.15) is 5.82 Å². The second-order valence-electron chi connectivity index (χ2n) is 9.34. The minimum absolute atomic E-state index is 0.311. The van der Waals surface area contributed by atoms with E-state index in [-0.39, 0.29) is 0 Å². The molecule has 1 aliphatic heterocycles. The van der Waals surface area contributed by atoms with Crippen LogP contribution in [-0.2, 0) is 10.3 Å². The molecule has 0 aromatic carbocycles. The third kappa shape index (κ3) is 2.05. The van der Waals surface area contributed by atoms with E-state index in [0.29, 0.717) is 17.0 Å². The fraction of sp³-hybridized carbons (Fsp3) is 0.545. The van der Waals surface area contributed by atoms with E-state index in [1.54, 1.807) is 0 Å². The Kier molecular flexibility index (Phi) is 2.94. The Labute approximate surface area is 163 Å². The number of morpholine rings is 1. The van der Waals surface area contributed by atoms with Gasteiger partial charge in [-0.2, -0.15) is 0 Å². The van der Waals surface area contributed by atoms with Gasteiger partial charge in [0.25, 0.3) is 0 Å². The van der Waals surface area contributed by atoms with E-state index in [1.165, 1.54) is 37.9 Å². The number of aromatic amines is 1. The van der Waals surface area contributed by atoms with Gasteiger partial charge in [0, 0.05) is 48.7 Å². The Balaban J connectivity index is 1.22. The van der Waals surface area contributed by atoms with Crippen molar-refractivity contribution in [3.05, 3.63) is 36.5 Å². The number of imidazole rings is 1. The van der Waals surface area contributed by atoms with Crippen molar-refractivity contribution in [1.29, 1.82) is 0 Å². The highest BCUT2D eigenvalue weighted by atomic mass is 16.5. The molecule has 28 heavy (non-hydrogen) atoms. The van der Waals surface area contributed by atoms with Crippen LogP contribution in [0, 0.1) is 0 Å². The Morgan fingerprint density at radius 3 is 2.71 bits per heavy atom. The molecular formula is C22H25N5O. The van der Waals surface area contributed by atoms with Gasteiger partial charge in [-0.25, -0.2) is 4.98 Å². The summed E-state index contributed by atoms with van der Waals surface area (Å²) < 4.78 is 8.13. The number of ether oxygens (including phenoxy) is 1. The third-order valence-electron chi connectivity index (χ3n) is 7.54. The summed E-state index contributed by atoms with van der Waals surface area (Å²) in [5.74, 6) is 1.97. The zero-order chi connectivity index (χ0) is 18.3. The maximum Gasteiger partial charge on any atom is 0.113 e. The monoisotopic (exact) mass is 375 g/mol. The summed E-state index contributed by atoms with van der Waals surface area (Å²) in [6.45, 7) is 3.99. The lowest BCUT2D eigenvalue weighted by atomic mass is 9.43. The first kappa shape index (κ1) is 15.7. The van der Waals surface area contributed by atoms with Crippen molar-refractivity contribution in [2.75, 3.05) is 26.3 Å². The second kappa shape index (κ2) is 5.24. The van der Waals surface area contributed by atoms with Crippen molar-refractivity contribution < 1.29 is 4.74 Å². The van der Waals surface area contributed by atoms with Gasteiger partial charge in [0.15, 0.2) is 0 Å². The molecule has 0 atom stereocenters. The summed E-state index contributed by atoms with van der Waals surface area (Å²) in [6.07, 6.45) is 12.7. The zero-order valence-corrected chi connectivity index (χ0v) is 16.0. The minimum atomic E-state index is 0.311. The first-order valence-corrected chi connectivity index (χ1v) is 10.6. The van der Waals surface area contributed by atoms with Gasteiger partial charge in [-0.3, -0.25) is 9.88 Å². The Hall–Kier alpha value is -2.18. The van der Waals surface area contributed by atoms with Crippen LogP contribution >= 0.6 is 0 Å². The molecule has 0 amide bonds. The summed E-state index contributed by atoms with van der Waals surface area (Å²) >= 11 is 0. The third-order valence-corrected chi connectivity index (χ3v) is 7.54. The maximum absolute atomic E-state index is 5.56. The van der Waals surface area contributed by atoms with Gasteiger partial charge in [0.05, 0.1) is 35.5 Å². The van der Waals surface area contributed by atoms with Crippen molar-refractivity contribution >= 4 is 11.0 Å². The Bertz CT molecular complexity index is 1050. The van der Waals surface area contributed by atoms with Gasteiger partial charge < -0.3 is 14.3 Å². The summed E-state index contributed by atoms with van der Waals surface area (Å²) in [4.78, 5) is 15.7. The molecular weight excluding hydrogens is 350 g/mol. The molecule has 3 aromatic rings. The number of nitrogens with zero attached hydrogens (tertiary/aromatic N) is 4. The van der Waals surface area contributed by atoms with E-state index in [9.17, 15) is 0 Å². The molecule has 0 radical (unpaired) electrons. The average Bonchev–Trinajstić information content (AvgIpc) is 3.23. The molecule has 5 aliphatic rings. The first-order chi connectivity index (χ1) is 13.7. The number of aromatic nitrogens is 4. The average molecular weight is 375 g/mol. The molecule has 1 N–H and O–H groups in total. The number of hydrogen-bond donors (Lipinski definition) is 1. The fourth-order valence-corrected chi connectivity index (χ4v) is 5.93. The van der Waals surface area contributed by atoms with Gasteiger partial charge in [0.2, 0.25) is 0 Å². The summed E-state index contributed by atoms with van der Waals surface area (Å²) in [5, 5.41) is 0. The Morgan fingerprint density at radius 1 is 1.11 bits per heavy atom. The number of rotatable bonds is 4. The van der Waals surface area contributed by atoms with E-state index in [4.69, 9.17) is 9.72 Å². The van der Waals surface area contributed by atoms with Crippen LogP contribution in [0.5, 0.6) is 0 Å². The summed E-state index contributed by atoms with van der Waals surface area (Å²) in [7, 11) is 0. The van der Waals surface area contributed by atoms with Crippen LogP contribution in [0.15, 0.2) is 30.7 Å². The highest BCUT2D eigenvalue weighted by molar-refractivity contribution is 5.79. The molecule has 6 nitrogen and oxygen atoms in total. The van der Waals surface area contributed by atoms with Crippen molar-refractivity contribution in [2.24, 2.45) is 0 Å². The quantitative estimate of drug-likeness (QED) is 0.760. The number of nitrogens with one attached hydrogen (secondary N) is 1. The number of H-pyrrole nitrogens is 1. The van der Waals surface area contributed by atoms with Crippen molar-refractivity contribution in [3.63, 3.8) is 0 Å². The SMILES string of the molecule is c1cc2ncc(-c3cn(C45CC(N6CCOCC6)(C4)C5)c(C4CC4)n3)cc2[nH]1. The lowest BCUT2D eigenvalue weighted by Gasteiger charge is -2.74. The maximum atomic E-state index is 5.56. The molecule has 8 rings (SSSR count). The molecule has 0 unspecified atom stereocenters. The molecule has 1 saturated heterocycles. The van der Waals surface area contributed by atoms with Crippen LogP contribution in [0.1, 0.15) is 43.8 Å². The first-order valence-electron chi connectivity index (χ1n) is 10.6. The lowest BCUT2D eigenvalue weighted by Crippen LogP contribution is -2.79. The molecule has 4 saturated carbocycles. The molecule has 4 heterocycles. The molecule has 6 heteroatoms.